The van der Waals surface area contributed by atoms with Crippen LogP contribution in [0.2, 0.25) is 0 Å². The van der Waals surface area contributed by atoms with E-state index in [1.165, 1.54) is 0 Å². The molecular weight excluding hydrogens is 290 g/mol. The van der Waals surface area contributed by atoms with Gasteiger partial charge in [0.15, 0.2) is 0 Å². The highest BCUT2D eigenvalue weighted by Crippen LogP contribution is 2.27. The summed E-state index contributed by atoms with van der Waals surface area (Å²) < 4.78 is 1.07. The second-order valence-corrected chi connectivity index (χ2v) is 6.26. The Morgan fingerprint density at radius 1 is 1.22 bits per heavy atom. The fraction of sp³-hybridized carbons (Fsp3) is 0.571. The molecule has 0 spiro atoms. The number of nitrogens with two attached hydrogens (primary N) is 1. The van der Waals surface area contributed by atoms with Crippen LogP contribution in [0.15, 0.2) is 22.7 Å². The van der Waals surface area contributed by atoms with E-state index in [-0.39, 0.29) is 0 Å². The van der Waals surface area contributed by atoms with Crippen molar-refractivity contribution in [2.45, 2.75) is 13.8 Å². The van der Waals surface area contributed by atoms with Crippen LogP contribution in [0, 0.1) is 5.92 Å². The lowest BCUT2D eigenvalue weighted by molar-refractivity contribution is 0.409. The Kier molecular flexibility index (Phi) is 5.96. The number of likely N-dealkylation sites (N-methyl/N-ethyl adjacent to an activating group) is 1. The van der Waals surface area contributed by atoms with E-state index in [9.17, 15) is 0 Å². The first kappa shape index (κ1) is 15.3. The van der Waals surface area contributed by atoms with E-state index >= 15 is 0 Å². The molecule has 0 fully saturated rings. The predicted molar refractivity (Wildman–Crippen MR) is 84.2 cm³/mol. The molecule has 0 aromatic heterocycles. The van der Waals surface area contributed by atoms with E-state index in [1.54, 1.807) is 0 Å². The molecule has 0 aliphatic heterocycles. The third-order valence-electron chi connectivity index (χ3n) is 2.74. The summed E-state index contributed by atoms with van der Waals surface area (Å²) in [4.78, 5) is 4.56. The van der Waals surface area contributed by atoms with E-state index in [4.69, 9.17) is 5.73 Å². The zero-order valence-electron chi connectivity index (χ0n) is 11.8. The van der Waals surface area contributed by atoms with Gasteiger partial charge in [0.1, 0.15) is 0 Å². The molecule has 0 unspecified atom stereocenters. The van der Waals surface area contributed by atoms with Crippen molar-refractivity contribution in [3.8, 4) is 0 Å². The maximum Gasteiger partial charge on any atom is 0.0611 e. The van der Waals surface area contributed by atoms with Crippen LogP contribution in [0.4, 0.5) is 11.4 Å². The molecule has 0 bridgehead atoms. The highest BCUT2D eigenvalue weighted by atomic mass is 79.9. The van der Waals surface area contributed by atoms with Crippen LogP contribution in [-0.2, 0) is 0 Å². The summed E-state index contributed by atoms with van der Waals surface area (Å²) in [5.74, 6) is 0.616. The summed E-state index contributed by atoms with van der Waals surface area (Å²) in [5.41, 5.74) is 8.07. The fourth-order valence-corrected chi connectivity index (χ4v) is 2.21. The number of nitrogen functional groups attached to an aromatic ring is 1. The molecule has 102 valence electrons. The van der Waals surface area contributed by atoms with Crippen LogP contribution in [0.1, 0.15) is 13.8 Å². The van der Waals surface area contributed by atoms with Crippen LogP contribution in [-0.4, -0.2) is 38.6 Å². The number of hydrogen-bond donors (Lipinski definition) is 1. The fourth-order valence-electron chi connectivity index (χ4n) is 1.86. The number of hydrogen-bond acceptors (Lipinski definition) is 3. The minimum absolute atomic E-state index is 0.616. The molecule has 3 nitrogen and oxygen atoms in total. The molecule has 18 heavy (non-hydrogen) atoms. The Hall–Kier alpha value is -0.740. The first-order valence-electron chi connectivity index (χ1n) is 6.35. The average molecular weight is 314 g/mol. The van der Waals surface area contributed by atoms with E-state index in [1.807, 2.05) is 12.1 Å². The topological polar surface area (TPSA) is 32.5 Å². The first-order chi connectivity index (χ1) is 8.40. The first-order valence-corrected chi connectivity index (χ1v) is 7.14. The predicted octanol–water partition coefficient (Wildman–Crippen LogP) is 3.06. The van der Waals surface area contributed by atoms with Crippen molar-refractivity contribution in [2.24, 2.45) is 5.92 Å². The van der Waals surface area contributed by atoms with Crippen LogP contribution in [0.5, 0.6) is 0 Å². The van der Waals surface area contributed by atoms with Gasteiger partial charge in [-0.25, -0.2) is 0 Å². The van der Waals surface area contributed by atoms with Gasteiger partial charge in [-0.1, -0.05) is 29.8 Å². The van der Waals surface area contributed by atoms with Gasteiger partial charge in [0.05, 0.1) is 11.4 Å². The third-order valence-corrected chi connectivity index (χ3v) is 3.23. The number of nitrogens with zero attached hydrogens (tertiary/aromatic N) is 2. The minimum atomic E-state index is 0.616. The highest BCUT2D eigenvalue weighted by molar-refractivity contribution is 9.10. The summed E-state index contributed by atoms with van der Waals surface area (Å²) in [5, 5.41) is 0. The summed E-state index contributed by atoms with van der Waals surface area (Å²) in [6.07, 6.45) is 0. The summed E-state index contributed by atoms with van der Waals surface area (Å²) in [6, 6.07) is 6.05. The lowest BCUT2D eigenvalue weighted by Gasteiger charge is -2.29. The van der Waals surface area contributed by atoms with Crippen molar-refractivity contribution < 1.29 is 0 Å². The SMILES string of the molecule is CC(C)CN(CCN(C)C)c1cc(Br)ccc1N. The van der Waals surface area contributed by atoms with Gasteiger partial charge in [-0.05, 0) is 38.2 Å². The standard InChI is InChI=1S/C14H24BrN3/c1-11(2)10-18(8-7-17(3)4)14-9-12(15)5-6-13(14)16/h5-6,9,11H,7-8,10,16H2,1-4H3. The smallest absolute Gasteiger partial charge is 0.0611 e. The Labute approximate surface area is 119 Å². The van der Waals surface area contributed by atoms with Gasteiger partial charge < -0.3 is 15.5 Å². The quantitative estimate of drug-likeness (QED) is 0.819. The van der Waals surface area contributed by atoms with Crippen LogP contribution < -0.4 is 10.6 Å². The molecule has 1 aromatic carbocycles. The van der Waals surface area contributed by atoms with E-state index in [2.05, 4.69) is 59.7 Å². The van der Waals surface area contributed by atoms with Gasteiger partial charge in [0, 0.05) is 24.1 Å². The van der Waals surface area contributed by atoms with Crippen molar-refractivity contribution in [2.75, 3.05) is 44.4 Å². The van der Waals surface area contributed by atoms with Gasteiger partial charge in [-0.15, -0.1) is 0 Å². The molecule has 1 aromatic rings. The Bertz CT molecular complexity index is 377. The normalized spacial score (nSPS) is 11.3. The second kappa shape index (κ2) is 7.00. The Morgan fingerprint density at radius 2 is 1.89 bits per heavy atom. The largest absolute Gasteiger partial charge is 0.397 e. The van der Waals surface area contributed by atoms with E-state index in [0.717, 1.165) is 35.5 Å². The number of anilines is 2. The Balaban J connectivity index is 2.89. The number of rotatable bonds is 6. The molecule has 0 saturated heterocycles. The van der Waals surface area contributed by atoms with Crippen LogP contribution in [0.3, 0.4) is 0 Å². The number of benzene rings is 1. The van der Waals surface area contributed by atoms with Crippen LogP contribution >= 0.6 is 15.9 Å². The maximum atomic E-state index is 6.10. The third kappa shape index (κ3) is 4.86. The molecule has 1 rings (SSSR count). The molecule has 2 N–H and O–H groups in total. The van der Waals surface area contributed by atoms with Crippen molar-refractivity contribution >= 4 is 27.3 Å². The minimum Gasteiger partial charge on any atom is -0.397 e. The zero-order valence-corrected chi connectivity index (χ0v) is 13.4. The number of halogens is 1. The molecule has 0 amide bonds. The average Bonchev–Trinajstić information content (AvgIpc) is 2.27. The molecular formula is C14H24BrN3. The summed E-state index contributed by atoms with van der Waals surface area (Å²) in [6.45, 7) is 7.51. The molecule has 0 saturated carbocycles. The molecule has 0 radical (unpaired) electrons. The van der Waals surface area contributed by atoms with Crippen molar-refractivity contribution in [1.82, 2.24) is 4.90 Å². The van der Waals surface area contributed by atoms with E-state index < -0.39 is 0 Å². The second-order valence-electron chi connectivity index (χ2n) is 5.35. The van der Waals surface area contributed by atoms with Crippen molar-refractivity contribution in [3.05, 3.63) is 22.7 Å². The van der Waals surface area contributed by atoms with Crippen LogP contribution in [0.25, 0.3) is 0 Å². The van der Waals surface area contributed by atoms with E-state index in [0.29, 0.717) is 5.92 Å². The monoisotopic (exact) mass is 313 g/mol. The van der Waals surface area contributed by atoms with Gasteiger partial charge in [0.25, 0.3) is 0 Å². The molecule has 0 atom stereocenters. The zero-order chi connectivity index (χ0) is 13.7. The highest BCUT2D eigenvalue weighted by Gasteiger charge is 2.12. The van der Waals surface area contributed by atoms with Gasteiger partial charge in [-0.2, -0.15) is 0 Å². The Morgan fingerprint density at radius 3 is 2.44 bits per heavy atom. The van der Waals surface area contributed by atoms with Gasteiger partial charge >= 0.3 is 0 Å². The molecule has 0 aliphatic rings. The lowest BCUT2D eigenvalue weighted by Crippen LogP contribution is -2.34. The van der Waals surface area contributed by atoms with Crippen molar-refractivity contribution in [3.63, 3.8) is 0 Å². The van der Waals surface area contributed by atoms with Gasteiger partial charge in [-0.3, -0.25) is 0 Å². The molecule has 0 heterocycles. The summed E-state index contributed by atoms with van der Waals surface area (Å²) >= 11 is 3.52. The molecule has 4 heteroatoms. The lowest BCUT2D eigenvalue weighted by atomic mass is 10.1. The van der Waals surface area contributed by atoms with Gasteiger partial charge in [0.2, 0.25) is 0 Å². The van der Waals surface area contributed by atoms with Crippen molar-refractivity contribution in [1.29, 1.82) is 0 Å². The maximum absolute atomic E-state index is 6.10. The molecule has 0 aliphatic carbocycles. The summed E-state index contributed by atoms with van der Waals surface area (Å²) in [7, 11) is 4.19.